The third-order valence-corrected chi connectivity index (χ3v) is 6.91. The van der Waals surface area contributed by atoms with Crippen molar-refractivity contribution in [3.63, 3.8) is 0 Å². The van der Waals surface area contributed by atoms with Crippen LogP contribution >= 0.6 is 11.8 Å². The van der Waals surface area contributed by atoms with Crippen molar-refractivity contribution in [3.8, 4) is 0 Å². The number of azo groups is 1. The van der Waals surface area contributed by atoms with Crippen molar-refractivity contribution in [2.75, 3.05) is 25.2 Å². The van der Waals surface area contributed by atoms with Crippen LogP contribution in [0.2, 0.25) is 0 Å². The molecule has 0 atom stereocenters. The fourth-order valence-electron chi connectivity index (χ4n) is 2.70. The second-order valence-electron chi connectivity index (χ2n) is 7.13. The molecule has 0 aromatic heterocycles. The number of sulfone groups is 1. The SMILES string of the molecule is C=C(C)COCCCCCCS(=O)(=O)c1ccc(N=Nc2ccc(SC)cc2)cc1. The summed E-state index contributed by atoms with van der Waals surface area (Å²) in [4.78, 5) is 1.50. The zero-order valence-electron chi connectivity index (χ0n) is 17.7. The highest BCUT2D eigenvalue weighted by molar-refractivity contribution is 7.98. The first kappa shape index (κ1) is 24.3. The van der Waals surface area contributed by atoms with Gasteiger partial charge in [-0.1, -0.05) is 25.0 Å². The lowest BCUT2D eigenvalue weighted by Gasteiger charge is -2.06. The van der Waals surface area contributed by atoms with Crippen LogP contribution in [0.25, 0.3) is 0 Å². The van der Waals surface area contributed by atoms with Gasteiger partial charge in [-0.05, 0) is 74.6 Å². The van der Waals surface area contributed by atoms with E-state index in [0.717, 1.165) is 30.5 Å². The molecule has 0 saturated carbocycles. The van der Waals surface area contributed by atoms with Gasteiger partial charge in [0.15, 0.2) is 9.84 Å². The molecule has 0 aliphatic carbocycles. The number of rotatable bonds is 13. The smallest absolute Gasteiger partial charge is 0.178 e. The van der Waals surface area contributed by atoms with Crippen LogP contribution in [0.5, 0.6) is 0 Å². The molecule has 0 unspecified atom stereocenters. The average molecular weight is 447 g/mol. The van der Waals surface area contributed by atoms with E-state index >= 15 is 0 Å². The van der Waals surface area contributed by atoms with Crippen molar-refractivity contribution < 1.29 is 13.2 Å². The molecule has 0 aliphatic rings. The van der Waals surface area contributed by atoms with Gasteiger partial charge in [-0.2, -0.15) is 10.2 Å². The van der Waals surface area contributed by atoms with E-state index in [4.69, 9.17) is 4.74 Å². The highest BCUT2D eigenvalue weighted by atomic mass is 32.2. The Morgan fingerprint density at radius 2 is 1.50 bits per heavy atom. The van der Waals surface area contributed by atoms with Crippen LogP contribution in [0.15, 0.2) is 80.7 Å². The standard InChI is InChI=1S/C23H30N2O3S2/c1-19(2)18-28-16-6-4-5-7-17-30(26,27)23-14-10-21(11-15-23)25-24-20-8-12-22(29-3)13-9-20/h8-15H,1,4-7,16-18H2,2-3H3. The summed E-state index contributed by atoms with van der Waals surface area (Å²) >= 11 is 1.67. The van der Waals surface area contributed by atoms with E-state index in [2.05, 4.69) is 16.8 Å². The molecule has 2 aromatic carbocycles. The minimum atomic E-state index is -3.28. The monoisotopic (exact) mass is 446 g/mol. The first-order chi connectivity index (χ1) is 14.4. The quantitative estimate of drug-likeness (QED) is 0.148. The summed E-state index contributed by atoms with van der Waals surface area (Å²) < 4.78 is 30.5. The minimum absolute atomic E-state index is 0.155. The molecule has 0 amide bonds. The van der Waals surface area contributed by atoms with E-state index in [1.807, 2.05) is 37.4 Å². The zero-order chi connectivity index (χ0) is 21.8. The second kappa shape index (κ2) is 12.7. The fraction of sp³-hybridized carbons (Fsp3) is 0.391. The Hall–Kier alpha value is -1.96. The van der Waals surface area contributed by atoms with E-state index in [1.54, 1.807) is 36.0 Å². The van der Waals surface area contributed by atoms with Gasteiger partial charge in [0.2, 0.25) is 0 Å². The maximum atomic E-state index is 12.5. The molecule has 0 saturated heterocycles. The van der Waals surface area contributed by atoms with Gasteiger partial charge >= 0.3 is 0 Å². The van der Waals surface area contributed by atoms with Gasteiger partial charge in [-0.15, -0.1) is 11.8 Å². The number of thioether (sulfide) groups is 1. The first-order valence-corrected chi connectivity index (χ1v) is 12.9. The van der Waals surface area contributed by atoms with Crippen molar-refractivity contribution in [2.24, 2.45) is 10.2 Å². The van der Waals surface area contributed by atoms with Crippen LogP contribution in [0.3, 0.4) is 0 Å². The highest BCUT2D eigenvalue weighted by Crippen LogP contribution is 2.23. The average Bonchev–Trinajstić information content (AvgIpc) is 2.74. The van der Waals surface area contributed by atoms with Crippen molar-refractivity contribution in [3.05, 3.63) is 60.7 Å². The maximum Gasteiger partial charge on any atom is 0.178 e. The lowest BCUT2D eigenvalue weighted by molar-refractivity contribution is 0.151. The summed E-state index contributed by atoms with van der Waals surface area (Å²) in [6, 6.07) is 14.4. The number of ether oxygens (including phenoxy) is 1. The van der Waals surface area contributed by atoms with E-state index < -0.39 is 9.84 Å². The third kappa shape index (κ3) is 8.81. The molecule has 5 nitrogen and oxygen atoms in total. The summed E-state index contributed by atoms with van der Waals surface area (Å²) in [6.45, 7) is 7.01. The fourth-order valence-corrected chi connectivity index (χ4v) is 4.48. The predicted molar refractivity (Wildman–Crippen MR) is 125 cm³/mol. The van der Waals surface area contributed by atoms with Crippen LogP contribution in [0.4, 0.5) is 11.4 Å². The Morgan fingerprint density at radius 3 is 2.07 bits per heavy atom. The number of benzene rings is 2. The van der Waals surface area contributed by atoms with Crippen LogP contribution in [-0.2, 0) is 14.6 Å². The summed E-state index contributed by atoms with van der Waals surface area (Å²) in [5, 5.41) is 8.38. The Labute approximate surface area is 184 Å². The number of nitrogens with zero attached hydrogens (tertiary/aromatic N) is 2. The van der Waals surface area contributed by atoms with Crippen LogP contribution in [-0.4, -0.2) is 33.6 Å². The summed E-state index contributed by atoms with van der Waals surface area (Å²) in [5.74, 6) is 0.155. The van der Waals surface area contributed by atoms with Gasteiger partial charge in [0.1, 0.15) is 0 Å². The van der Waals surface area contributed by atoms with E-state index in [-0.39, 0.29) is 5.75 Å². The molecule has 0 spiro atoms. The molecule has 162 valence electrons. The van der Waals surface area contributed by atoms with Crippen molar-refractivity contribution in [2.45, 2.75) is 42.4 Å². The molecule has 0 fully saturated rings. The first-order valence-electron chi connectivity index (χ1n) is 10.0. The van der Waals surface area contributed by atoms with Crippen LogP contribution < -0.4 is 0 Å². The molecule has 30 heavy (non-hydrogen) atoms. The number of unbranched alkanes of at least 4 members (excludes halogenated alkanes) is 3. The maximum absolute atomic E-state index is 12.5. The normalized spacial score (nSPS) is 11.8. The highest BCUT2D eigenvalue weighted by Gasteiger charge is 2.13. The van der Waals surface area contributed by atoms with Gasteiger partial charge in [0.25, 0.3) is 0 Å². The van der Waals surface area contributed by atoms with E-state index in [1.165, 1.54) is 4.90 Å². The summed E-state index contributed by atoms with van der Waals surface area (Å²) in [5.41, 5.74) is 2.39. The molecule has 0 bridgehead atoms. The minimum Gasteiger partial charge on any atom is -0.377 e. The van der Waals surface area contributed by atoms with Gasteiger partial charge < -0.3 is 4.74 Å². The molecule has 0 aliphatic heterocycles. The lowest BCUT2D eigenvalue weighted by Crippen LogP contribution is -2.06. The third-order valence-electron chi connectivity index (χ3n) is 4.35. The largest absolute Gasteiger partial charge is 0.377 e. The Kier molecular flexibility index (Phi) is 10.3. The number of hydrogen-bond donors (Lipinski definition) is 0. The Morgan fingerprint density at radius 1 is 0.933 bits per heavy atom. The molecule has 2 aromatic rings. The summed E-state index contributed by atoms with van der Waals surface area (Å²) in [7, 11) is -3.28. The topological polar surface area (TPSA) is 68.1 Å². The molecular formula is C23H30N2O3S2. The Balaban J connectivity index is 1.78. The second-order valence-corrected chi connectivity index (χ2v) is 10.1. The molecule has 0 radical (unpaired) electrons. The summed E-state index contributed by atoms with van der Waals surface area (Å²) in [6.07, 6.45) is 5.44. The van der Waals surface area contributed by atoms with Crippen molar-refractivity contribution in [1.82, 2.24) is 0 Å². The van der Waals surface area contributed by atoms with E-state index in [9.17, 15) is 8.42 Å². The van der Waals surface area contributed by atoms with Crippen molar-refractivity contribution >= 4 is 33.0 Å². The van der Waals surface area contributed by atoms with Gasteiger partial charge in [0, 0.05) is 11.5 Å². The molecule has 7 heteroatoms. The van der Waals surface area contributed by atoms with Gasteiger partial charge in [-0.25, -0.2) is 8.42 Å². The van der Waals surface area contributed by atoms with Gasteiger partial charge in [0.05, 0.1) is 28.6 Å². The van der Waals surface area contributed by atoms with Crippen LogP contribution in [0.1, 0.15) is 32.6 Å². The van der Waals surface area contributed by atoms with Gasteiger partial charge in [-0.3, -0.25) is 0 Å². The predicted octanol–water partition coefficient (Wildman–Crippen LogP) is 6.75. The van der Waals surface area contributed by atoms with E-state index in [0.29, 0.717) is 30.2 Å². The number of hydrogen-bond acceptors (Lipinski definition) is 6. The molecule has 0 N–H and O–H groups in total. The lowest BCUT2D eigenvalue weighted by atomic mass is 10.2. The zero-order valence-corrected chi connectivity index (χ0v) is 19.3. The van der Waals surface area contributed by atoms with Crippen LogP contribution in [0, 0.1) is 0 Å². The molecule has 2 rings (SSSR count). The van der Waals surface area contributed by atoms with Crippen molar-refractivity contribution in [1.29, 1.82) is 0 Å². The molecular weight excluding hydrogens is 416 g/mol. The Bertz CT molecular complexity index is 922. The molecule has 0 heterocycles.